The summed E-state index contributed by atoms with van der Waals surface area (Å²) in [5, 5.41) is 2.35. The number of nitrogens with one attached hydrogen (secondary N) is 1. The van der Waals surface area contributed by atoms with E-state index in [4.69, 9.17) is 5.73 Å². The monoisotopic (exact) mass is 262 g/mol. The Labute approximate surface area is 112 Å². The van der Waals surface area contributed by atoms with Gasteiger partial charge in [-0.3, -0.25) is 24.8 Å². The molecule has 102 valence electrons. The van der Waals surface area contributed by atoms with Gasteiger partial charge < -0.3 is 5.73 Å². The van der Waals surface area contributed by atoms with Crippen molar-refractivity contribution < 1.29 is 9.59 Å². The Hall–Kier alpha value is -1.79. The van der Waals surface area contributed by atoms with Crippen molar-refractivity contribution in [2.75, 3.05) is 13.1 Å². The van der Waals surface area contributed by atoms with Crippen molar-refractivity contribution in [1.82, 2.24) is 15.2 Å². The molecule has 2 heterocycles. The van der Waals surface area contributed by atoms with E-state index in [9.17, 15) is 9.59 Å². The molecule has 0 radical (unpaired) electrons. The zero-order chi connectivity index (χ0) is 14.0. The molecule has 0 spiro atoms. The van der Waals surface area contributed by atoms with Gasteiger partial charge in [-0.1, -0.05) is 6.07 Å². The van der Waals surface area contributed by atoms with Gasteiger partial charge >= 0.3 is 0 Å². The van der Waals surface area contributed by atoms with Gasteiger partial charge in [-0.25, -0.2) is 0 Å². The molecule has 0 aliphatic carbocycles. The van der Waals surface area contributed by atoms with Gasteiger partial charge in [-0.15, -0.1) is 0 Å². The first-order chi connectivity index (χ1) is 8.96. The van der Waals surface area contributed by atoms with E-state index in [2.05, 4.69) is 10.3 Å². The van der Waals surface area contributed by atoms with Crippen LogP contribution in [0.3, 0.4) is 0 Å². The van der Waals surface area contributed by atoms with Crippen LogP contribution in [0.1, 0.15) is 25.5 Å². The maximum Gasteiger partial charge on any atom is 0.246 e. The SMILES string of the molecule is CC1(C)C(=O)NC(=O)CN1C(CN)c1cccnc1. The van der Waals surface area contributed by atoms with E-state index < -0.39 is 5.54 Å². The lowest BCUT2D eigenvalue weighted by atomic mass is 9.93. The number of nitrogens with two attached hydrogens (primary N) is 1. The number of rotatable bonds is 3. The number of pyridine rings is 1. The summed E-state index contributed by atoms with van der Waals surface area (Å²) < 4.78 is 0. The van der Waals surface area contributed by atoms with Crippen molar-refractivity contribution >= 4 is 11.8 Å². The lowest BCUT2D eigenvalue weighted by molar-refractivity contribution is -0.147. The van der Waals surface area contributed by atoms with Crippen LogP contribution in [0.25, 0.3) is 0 Å². The van der Waals surface area contributed by atoms with Crippen molar-refractivity contribution in [2.24, 2.45) is 5.73 Å². The molecule has 3 N–H and O–H groups in total. The van der Waals surface area contributed by atoms with Gasteiger partial charge in [-0.2, -0.15) is 0 Å². The molecule has 6 heteroatoms. The normalized spacial score (nSPS) is 21.0. The van der Waals surface area contributed by atoms with Crippen LogP contribution in [-0.4, -0.2) is 40.3 Å². The molecule has 1 aliphatic heterocycles. The predicted octanol–water partition coefficient (Wildman–Crippen LogP) is -0.182. The first-order valence-electron chi connectivity index (χ1n) is 6.18. The number of imide groups is 1. The molecule has 6 nitrogen and oxygen atoms in total. The molecule has 1 aliphatic rings. The number of hydrogen-bond acceptors (Lipinski definition) is 5. The number of carbonyl (C=O) groups is 2. The van der Waals surface area contributed by atoms with Crippen LogP contribution in [-0.2, 0) is 9.59 Å². The number of nitrogens with zero attached hydrogens (tertiary/aromatic N) is 2. The highest BCUT2D eigenvalue weighted by Crippen LogP contribution is 2.29. The standard InChI is InChI=1S/C13H18N4O2/c1-13(2)12(19)16-11(18)8-17(13)10(6-14)9-4-3-5-15-7-9/h3-5,7,10H,6,8,14H2,1-2H3,(H,16,18,19). The minimum Gasteiger partial charge on any atom is -0.329 e. The third-order valence-corrected chi connectivity index (χ3v) is 3.51. The molecule has 0 aromatic carbocycles. The van der Waals surface area contributed by atoms with Crippen molar-refractivity contribution in [3.05, 3.63) is 30.1 Å². The predicted molar refractivity (Wildman–Crippen MR) is 70.0 cm³/mol. The Morgan fingerprint density at radius 1 is 1.53 bits per heavy atom. The molecule has 1 atom stereocenters. The highest BCUT2D eigenvalue weighted by Gasteiger charge is 2.44. The average Bonchev–Trinajstić information content (AvgIpc) is 2.38. The third-order valence-electron chi connectivity index (χ3n) is 3.51. The number of amides is 2. The Kier molecular flexibility index (Phi) is 3.64. The largest absolute Gasteiger partial charge is 0.329 e. The second-order valence-electron chi connectivity index (χ2n) is 5.10. The number of aromatic nitrogens is 1. The fourth-order valence-electron chi connectivity index (χ4n) is 2.32. The Morgan fingerprint density at radius 2 is 2.26 bits per heavy atom. The van der Waals surface area contributed by atoms with Crippen LogP contribution in [0, 0.1) is 0 Å². The van der Waals surface area contributed by atoms with Gasteiger partial charge in [-0.05, 0) is 25.5 Å². The molecule has 1 unspecified atom stereocenters. The van der Waals surface area contributed by atoms with Gasteiger partial charge in [0.25, 0.3) is 0 Å². The van der Waals surface area contributed by atoms with Crippen molar-refractivity contribution in [1.29, 1.82) is 0 Å². The quantitative estimate of drug-likeness (QED) is 0.738. The summed E-state index contributed by atoms with van der Waals surface area (Å²) in [6.07, 6.45) is 3.39. The average molecular weight is 262 g/mol. The van der Waals surface area contributed by atoms with Crippen LogP contribution < -0.4 is 11.1 Å². The highest BCUT2D eigenvalue weighted by molar-refractivity contribution is 6.03. The van der Waals surface area contributed by atoms with Crippen molar-refractivity contribution in [2.45, 2.75) is 25.4 Å². The number of piperazine rings is 1. The zero-order valence-electron chi connectivity index (χ0n) is 11.1. The Balaban J connectivity index is 2.36. The van der Waals surface area contributed by atoms with Gasteiger partial charge in [0.1, 0.15) is 0 Å². The summed E-state index contributed by atoms with van der Waals surface area (Å²) >= 11 is 0. The summed E-state index contributed by atoms with van der Waals surface area (Å²) in [7, 11) is 0. The smallest absolute Gasteiger partial charge is 0.246 e. The first-order valence-corrected chi connectivity index (χ1v) is 6.18. The van der Waals surface area contributed by atoms with Gasteiger partial charge in [0.2, 0.25) is 11.8 Å². The van der Waals surface area contributed by atoms with Crippen LogP contribution in [0.2, 0.25) is 0 Å². The minimum atomic E-state index is -0.784. The maximum atomic E-state index is 12.0. The molecule has 2 amide bonds. The molecular formula is C13H18N4O2. The van der Waals surface area contributed by atoms with Crippen LogP contribution >= 0.6 is 0 Å². The molecular weight excluding hydrogens is 244 g/mol. The van der Waals surface area contributed by atoms with E-state index in [0.29, 0.717) is 6.54 Å². The Bertz CT molecular complexity index is 487. The molecule has 0 saturated carbocycles. The van der Waals surface area contributed by atoms with E-state index in [1.54, 1.807) is 26.2 Å². The molecule has 1 aromatic heterocycles. The Morgan fingerprint density at radius 3 is 2.84 bits per heavy atom. The highest BCUT2D eigenvalue weighted by atomic mass is 16.2. The minimum absolute atomic E-state index is 0.148. The van der Waals surface area contributed by atoms with E-state index in [0.717, 1.165) is 5.56 Å². The van der Waals surface area contributed by atoms with Crippen molar-refractivity contribution in [3.8, 4) is 0 Å². The van der Waals surface area contributed by atoms with Crippen LogP contribution in [0.4, 0.5) is 0 Å². The van der Waals surface area contributed by atoms with Crippen molar-refractivity contribution in [3.63, 3.8) is 0 Å². The fraction of sp³-hybridized carbons (Fsp3) is 0.462. The van der Waals surface area contributed by atoms with E-state index in [1.807, 2.05) is 17.0 Å². The molecule has 0 bridgehead atoms. The number of hydrogen-bond donors (Lipinski definition) is 2. The summed E-state index contributed by atoms with van der Waals surface area (Å²) in [5.74, 6) is -0.599. The summed E-state index contributed by atoms with van der Waals surface area (Å²) in [5.41, 5.74) is 5.95. The lowest BCUT2D eigenvalue weighted by Gasteiger charge is -2.44. The molecule has 1 fully saturated rings. The second kappa shape index (κ2) is 5.07. The van der Waals surface area contributed by atoms with Gasteiger partial charge in [0.15, 0.2) is 0 Å². The second-order valence-corrected chi connectivity index (χ2v) is 5.10. The molecule has 19 heavy (non-hydrogen) atoms. The molecule has 2 rings (SSSR count). The van der Waals surface area contributed by atoms with Gasteiger partial charge in [0, 0.05) is 18.9 Å². The molecule has 1 saturated heterocycles. The number of carbonyl (C=O) groups excluding carboxylic acids is 2. The van der Waals surface area contributed by atoms with Gasteiger partial charge in [0.05, 0.1) is 18.1 Å². The first kappa shape index (κ1) is 13.6. The van der Waals surface area contributed by atoms with Crippen LogP contribution in [0.5, 0.6) is 0 Å². The third kappa shape index (κ3) is 2.50. The van der Waals surface area contributed by atoms with E-state index >= 15 is 0 Å². The zero-order valence-corrected chi connectivity index (χ0v) is 11.1. The maximum absolute atomic E-state index is 12.0. The summed E-state index contributed by atoms with van der Waals surface area (Å²) in [6.45, 7) is 4.03. The molecule has 1 aromatic rings. The van der Waals surface area contributed by atoms with Crippen LogP contribution in [0.15, 0.2) is 24.5 Å². The summed E-state index contributed by atoms with van der Waals surface area (Å²) in [6, 6.07) is 3.51. The van der Waals surface area contributed by atoms with E-state index in [1.165, 1.54) is 0 Å². The van der Waals surface area contributed by atoms with E-state index in [-0.39, 0.29) is 24.4 Å². The lowest BCUT2D eigenvalue weighted by Crippen LogP contribution is -2.65. The summed E-state index contributed by atoms with van der Waals surface area (Å²) in [4.78, 5) is 29.4. The fourth-order valence-corrected chi connectivity index (χ4v) is 2.32. The topological polar surface area (TPSA) is 88.3 Å².